The molecule has 142 valence electrons. The van der Waals surface area contributed by atoms with Gasteiger partial charge >= 0.3 is 0 Å². The lowest BCUT2D eigenvalue weighted by atomic mass is 10.1. The molecule has 27 heavy (non-hydrogen) atoms. The molecule has 1 fully saturated rings. The zero-order chi connectivity index (χ0) is 19.2. The number of benzene rings is 2. The molecule has 1 aliphatic heterocycles. The Balaban J connectivity index is 1.77. The molecule has 0 unspecified atom stereocenters. The van der Waals surface area contributed by atoms with Crippen LogP contribution in [0.2, 0.25) is 0 Å². The topological polar surface area (TPSA) is 49.4 Å². The van der Waals surface area contributed by atoms with E-state index in [1.54, 1.807) is 17.0 Å². The van der Waals surface area contributed by atoms with E-state index in [1.165, 1.54) is 23.9 Å². The first-order chi connectivity index (χ1) is 13.1. The van der Waals surface area contributed by atoms with Crippen molar-refractivity contribution in [3.05, 3.63) is 59.9 Å². The summed E-state index contributed by atoms with van der Waals surface area (Å²) < 4.78 is 13.6. The summed E-state index contributed by atoms with van der Waals surface area (Å²) in [7, 11) is 0. The third-order valence-electron chi connectivity index (χ3n) is 4.42. The molecule has 2 aromatic rings. The van der Waals surface area contributed by atoms with Crippen LogP contribution in [0.3, 0.4) is 0 Å². The third-order valence-corrected chi connectivity index (χ3v) is 5.63. The van der Waals surface area contributed by atoms with Crippen LogP contribution in [0.1, 0.15) is 43.5 Å². The largest absolute Gasteiger partial charge is 0.326 e. The molecule has 0 aliphatic carbocycles. The van der Waals surface area contributed by atoms with Gasteiger partial charge in [-0.1, -0.05) is 38.0 Å². The number of amides is 2. The Morgan fingerprint density at radius 1 is 1.22 bits per heavy atom. The molecule has 0 saturated carbocycles. The summed E-state index contributed by atoms with van der Waals surface area (Å²) >= 11 is 1.50. The molecular weight excluding hydrogens is 363 g/mol. The van der Waals surface area contributed by atoms with E-state index in [4.69, 9.17) is 0 Å². The molecule has 4 nitrogen and oxygen atoms in total. The summed E-state index contributed by atoms with van der Waals surface area (Å²) in [6.07, 6.45) is 3.50. The SMILES string of the molecule is CCCCCC(=O)Nc1cccc([C@H]2SCC(=O)N2c2cccc(F)c2)c1. The Morgan fingerprint density at radius 3 is 2.81 bits per heavy atom. The van der Waals surface area contributed by atoms with E-state index < -0.39 is 0 Å². The van der Waals surface area contributed by atoms with Crippen molar-refractivity contribution in [2.45, 2.75) is 38.0 Å². The molecule has 0 bridgehead atoms. The predicted molar refractivity (Wildman–Crippen MR) is 108 cm³/mol. The lowest BCUT2D eigenvalue weighted by molar-refractivity contribution is -0.117. The minimum atomic E-state index is -0.371. The molecule has 2 aromatic carbocycles. The van der Waals surface area contributed by atoms with Gasteiger partial charge in [0.15, 0.2) is 0 Å². The average Bonchev–Trinajstić information content (AvgIpc) is 3.04. The fourth-order valence-corrected chi connectivity index (χ4v) is 4.27. The number of rotatable bonds is 7. The Morgan fingerprint density at radius 2 is 2.04 bits per heavy atom. The van der Waals surface area contributed by atoms with Gasteiger partial charge in [0.25, 0.3) is 0 Å². The van der Waals surface area contributed by atoms with Crippen molar-refractivity contribution in [3.8, 4) is 0 Å². The number of nitrogens with one attached hydrogen (secondary N) is 1. The van der Waals surface area contributed by atoms with Crippen LogP contribution in [0.4, 0.5) is 15.8 Å². The summed E-state index contributed by atoms with van der Waals surface area (Å²) in [4.78, 5) is 26.1. The van der Waals surface area contributed by atoms with Gasteiger partial charge in [-0.15, -0.1) is 11.8 Å². The second-order valence-electron chi connectivity index (χ2n) is 6.54. The second kappa shape index (κ2) is 9.04. The number of thioether (sulfide) groups is 1. The minimum absolute atomic E-state index is 0.00209. The lowest BCUT2D eigenvalue weighted by Crippen LogP contribution is -2.27. The molecule has 1 atom stereocenters. The predicted octanol–water partition coefficient (Wildman–Crippen LogP) is 5.12. The normalized spacial score (nSPS) is 16.6. The van der Waals surface area contributed by atoms with Crippen molar-refractivity contribution < 1.29 is 14.0 Å². The molecule has 1 N–H and O–H groups in total. The van der Waals surface area contributed by atoms with E-state index in [-0.39, 0.29) is 23.0 Å². The molecule has 0 aromatic heterocycles. The molecule has 3 rings (SSSR count). The highest BCUT2D eigenvalue weighted by Gasteiger charge is 2.34. The van der Waals surface area contributed by atoms with Gasteiger partial charge in [-0.05, 0) is 42.3 Å². The standard InChI is InChI=1S/C21H23FN2O2S/c1-2-3-4-11-19(25)23-17-9-5-7-15(12-17)21-24(20(26)14-27-21)18-10-6-8-16(22)13-18/h5-10,12-13,21H,2-4,11,14H2,1H3,(H,23,25)/t21-/m1/s1. The summed E-state index contributed by atoms with van der Waals surface area (Å²) in [5.74, 6) is -0.0826. The molecular formula is C21H23FN2O2S. The summed E-state index contributed by atoms with van der Waals surface area (Å²) in [6.45, 7) is 2.10. The van der Waals surface area contributed by atoms with Crippen LogP contribution in [-0.2, 0) is 9.59 Å². The van der Waals surface area contributed by atoms with E-state index in [9.17, 15) is 14.0 Å². The highest BCUT2D eigenvalue weighted by atomic mass is 32.2. The van der Waals surface area contributed by atoms with E-state index in [1.807, 2.05) is 24.3 Å². The molecule has 0 spiro atoms. The van der Waals surface area contributed by atoms with Crippen molar-refractivity contribution in [3.63, 3.8) is 0 Å². The zero-order valence-corrected chi connectivity index (χ0v) is 16.1. The number of hydrogen-bond donors (Lipinski definition) is 1. The zero-order valence-electron chi connectivity index (χ0n) is 15.3. The van der Waals surface area contributed by atoms with Gasteiger partial charge in [-0.3, -0.25) is 14.5 Å². The van der Waals surface area contributed by atoms with Crippen molar-refractivity contribution in [1.29, 1.82) is 0 Å². The van der Waals surface area contributed by atoms with Crippen LogP contribution in [0.25, 0.3) is 0 Å². The highest BCUT2D eigenvalue weighted by Crippen LogP contribution is 2.42. The van der Waals surface area contributed by atoms with E-state index in [0.717, 1.165) is 24.8 Å². The van der Waals surface area contributed by atoms with Crippen molar-refractivity contribution >= 4 is 35.0 Å². The Labute approximate surface area is 163 Å². The quantitative estimate of drug-likeness (QED) is 0.672. The van der Waals surface area contributed by atoms with Crippen LogP contribution in [0, 0.1) is 5.82 Å². The van der Waals surface area contributed by atoms with Gasteiger partial charge in [0, 0.05) is 17.8 Å². The van der Waals surface area contributed by atoms with Gasteiger partial charge in [-0.2, -0.15) is 0 Å². The maximum atomic E-state index is 13.6. The van der Waals surface area contributed by atoms with Gasteiger partial charge in [0.2, 0.25) is 11.8 Å². The molecule has 6 heteroatoms. The second-order valence-corrected chi connectivity index (χ2v) is 7.61. The van der Waals surface area contributed by atoms with E-state index in [2.05, 4.69) is 12.2 Å². The molecule has 2 amide bonds. The van der Waals surface area contributed by atoms with Crippen LogP contribution in [0.15, 0.2) is 48.5 Å². The maximum absolute atomic E-state index is 13.6. The minimum Gasteiger partial charge on any atom is -0.326 e. The Bertz CT molecular complexity index is 827. The third kappa shape index (κ3) is 4.89. The smallest absolute Gasteiger partial charge is 0.238 e. The van der Waals surface area contributed by atoms with Crippen LogP contribution in [0.5, 0.6) is 0 Å². The van der Waals surface area contributed by atoms with Crippen molar-refractivity contribution in [1.82, 2.24) is 0 Å². The average molecular weight is 386 g/mol. The van der Waals surface area contributed by atoms with Crippen molar-refractivity contribution in [2.75, 3.05) is 16.0 Å². The monoisotopic (exact) mass is 386 g/mol. The van der Waals surface area contributed by atoms with E-state index >= 15 is 0 Å². The summed E-state index contributed by atoms with van der Waals surface area (Å²) in [5.41, 5.74) is 2.17. The molecule has 1 saturated heterocycles. The van der Waals surface area contributed by atoms with Crippen LogP contribution in [-0.4, -0.2) is 17.6 Å². The number of carbonyl (C=O) groups excluding carboxylic acids is 2. The van der Waals surface area contributed by atoms with Gasteiger partial charge < -0.3 is 5.32 Å². The number of nitrogens with zero attached hydrogens (tertiary/aromatic N) is 1. The highest BCUT2D eigenvalue weighted by molar-refractivity contribution is 8.00. The van der Waals surface area contributed by atoms with Gasteiger partial charge in [0.05, 0.1) is 5.75 Å². The number of halogens is 1. The number of hydrogen-bond acceptors (Lipinski definition) is 3. The summed E-state index contributed by atoms with van der Waals surface area (Å²) in [6, 6.07) is 13.6. The molecule has 1 aliphatic rings. The fraction of sp³-hybridized carbons (Fsp3) is 0.333. The fourth-order valence-electron chi connectivity index (χ4n) is 3.10. The summed E-state index contributed by atoms with van der Waals surface area (Å²) in [5, 5.41) is 2.69. The first-order valence-electron chi connectivity index (χ1n) is 9.17. The number of carbonyl (C=O) groups is 2. The van der Waals surface area contributed by atoms with Crippen LogP contribution < -0.4 is 10.2 Å². The lowest BCUT2D eigenvalue weighted by Gasteiger charge is -2.24. The molecule has 0 radical (unpaired) electrons. The molecule has 1 heterocycles. The Hall–Kier alpha value is -2.34. The first kappa shape index (κ1) is 19.4. The van der Waals surface area contributed by atoms with Crippen LogP contribution >= 0.6 is 11.8 Å². The van der Waals surface area contributed by atoms with Gasteiger partial charge in [-0.25, -0.2) is 4.39 Å². The Kier molecular flexibility index (Phi) is 6.50. The number of unbranched alkanes of at least 4 members (excludes halogenated alkanes) is 2. The van der Waals surface area contributed by atoms with E-state index in [0.29, 0.717) is 23.5 Å². The first-order valence-corrected chi connectivity index (χ1v) is 10.2. The van der Waals surface area contributed by atoms with Crippen molar-refractivity contribution in [2.24, 2.45) is 0 Å². The number of anilines is 2. The van der Waals surface area contributed by atoms with Gasteiger partial charge in [0.1, 0.15) is 11.2 Å². The maximum Gasteiger partial charge on any atom is 0.238 e.